The average molecular weight is 333 g/mol. The van der Waals surface area contributed by atoms with Crippen LogP contribution >= 0.6 is 11.9 Å². The monoisotopic (exact) mass is 333 g/mol. The van der Waals surface area contributed by atoms with Gasteiger partial charge in [0.25, 0.3) is 5.91 Å². The molecule has 0 aliphatic rings. The van der Waals surface area contributed by atoms with Crippen molar-refractivity contribution < 1.29 is 9.18 Å². The van der Waals surface area contributed by atoms with E-state index in [1.807, 2.05) is 19.9 Å². The van der Waals surface area contributed by atoms with Crippen molar-refractivity contribution in [3.63, 3.8) is 0 Å². The molecule has 1 amide bonds. The summed E-state index contributed by atoms with van der Waals surface area (Å²) in [5.74, 6) is -1.17. The smallest absolute Gasteiger partial charge is 0.275 e. The summed E-state index contributed by atoms with van der Waals surface area (Å²) in [7, 11) is 1.60. The maximum atomic E-state index is 14.4. The highest BCUT2D eigenvalue weighted by atomic mass is 32.2. The molecule has 0 spiro atoms. The molecule has 0 saturated heterocycles. The first-order chi connectivity index (χ1) is 10.9. The number of pyridine rings is 1. The Hall–Kier alpha value is -2.37. The molecular weight excluding hydrogens is 317 g/mol. The third kappa shape index (κ3) is 4.09. The number of carbonyl (C=O) groups excluding carboxylic acids is 1. The van der Waals surface area contributed by atoms with Gasteiger partial charge in [0, 0.05) is 31.2 Å². The number of aryl methyl sites for hydroxylation is 1. The van der Waals surface area contributed by atoms with Crippen molar-refractivity contribution in [1.82, 2.24) is 14.3 Å². The van der Waals surface area contributed by atoms with Crippen LogP contribution in [0.3, 0.4) is 0 Å². The molecule has 0 aliphatic carbocycles. The molecule has 2 aromatic rings. The number of rotatable bonds is 5. The van der Waals surface area contributed by atoms with Crippen LogP contribution in [0.4, 0.5) is 10.1 Å². The lowest BCUT2D eigenvalue weighted by atomic mass is 10.3. The Morgan fingerprint density at radius 2 is 2.26 bits per heavy atom. The van der Waals surface area contributed by atoms with Gasteiger partial charge in [-0.15, -0.1) is 0 Å². The predicted octanol–water partition coefficient (Wildman–Crippen LogP) is 2.69. The molecule has 8 heteroatoms. The molecule has 0 aromatic carbocycles. The minimum absolute atomic E-state index is 0.0756. The number of amides is 1. The fourth-order valence-electron chi connectivity index (χ4n) is 1.84. The summed E-state index contributed by atoms with van der Waals surface area (Å²) in [5.41, 5.74) is 0.484. The van der Waals surface area contributed by atoms with E-state index in [0.29, 0.717) is 10.6 Å². The van der Waals surface area contributed by atoms with Gasteiger partial charge < -0.3 is 9.88 Å². The van der Waals surface area contributed by atoms with Crippen molar-refractivity contribution in [2.24, 2.45) is 7.05 Å². The van der Waals surface area contributed by atoms with Crippen molar-refractivity contribution in [2.45, 2.75) is 24.8 Å². The van der Waals surface area contributed by atoms with Crippen molar-refractivity contribution in [3.8, 4) is 6.07 Å². The number of halogens is 1. The van der Waals surface area contributed by atoms with E-state index in [1.165, 1.54) is 22.9 Å². The highest BCUT2D eigenvalue weighted by Gasteiger charge is 2.21. The van der Waals surface area contributed by atoms with E-state index >= 15 is 0 Å². The first kappa shape index (κ1) is 17.0. The largest absolute Gasteiger partial charge is 0.343 e. The standard InChI is InChI=1S/C15H16FN5OS/c1-9(2)20-23-12-8-21(3)14(13(12)16)15(22)19-10-4-5-18-11(6-10)7-17/h4-6,8-9,20H,1-3H3,(H,18,19,22). The molecule has 0 fully saturated rings. The quantitative estimate of drug-likeness (QED) is 0.822. The zero-order chi connectivity index (χ0) is 17.0. The second-order valence-corrected chi connectivity index (χ2v) is 6.02. The van der Waals surface area contributed by atoms with Crippen molar-refractivity contribution in [2.75, 3.05) is 5.32 Å². The number of nitrogens with zero attached hydrogens (tertiary/aromatic N) is 3. The van der Waals surface area contributed by atoms with E-state index in [-0.39, 0.29) is 17.4 Å². The van der Waals surface area contributed by atoms with Crippen molar-refractivity contribution in [1.29, 1.82) is 5.26 Å². The van der Waals surface area contributed by atoms with E-state index in [0.717, 1.165) is 11.9 Å². The molecule has 0 unspecified atom stereocenters. The lowest BCUT2D eigenvalue weighted by molar-refractivity contribution is 0.101. The van der Waals surface area contributed by atoms with Gasteiger partial charge in [0.05, 0.1) is 4.90 Å². The number of hydrogen-bond acceptors (Lipinski definition) is 5. The summed E-state index contributed by atoms with van der Waals surface area (Å²) < 4.78 is 18.9. The van der Waals surface area contributed by atoms with Crippen LogP contribution in [0.5, 0.6) is 0 Å². The number of nitriles is 1. The molecule has 2 rings (SSSR count). The minimum Gasteiger partial charge on any atom is -0.343 e. The molecule has 120 valence electrons. The van der Waals surface area contributed by atoms with Gasteiger partial charge in [0.15, 0.2) is 5.82 Å². The summed E-state index contributed by atoms with van der Waals surface area (Å²) in [6.45, 7) is 3.88. The fraction of sp³-hybridized carbons (Fsp3) is 0.267. The van der Waals surface area contributed by atoms with Crippen molar-refractivity contribution in [3.05, 3.63) is 41.7 Å². The van der Waals surface area contributed by atoms with Crippen LogP contribution in [0.2, 0.25) is 0 Å². The molecule has 6 nitrogen and oxygen atoms in total. The average Bonchev–Trinajstić information content (AvgIpc) is 2.79. The first-order valence-corrected chi connectivity index (χ1v) is 7.68. The summed E-state index contributed by atoms with van der Waals surface area (Å²) in [6.07, 6.45) is 2.96. The summed E-state index contributed by atoms with van der Waals surface area (Å²) in [4.78, 5) is 16.5. The Balaban J connectivity index is 2.20. The second-order valence-electron chi connectivity index (χ2n) is 5.14. The van der Waals surface area contributed by atoms with Crippen LogP contribution in [0.25, 0.3) is 0 Å². The molecule has 0 saturated carbocycles. The molecule has 2 N–H and O–H groups in total. The van der Waals surface area contributed by atoms with Gasteiger partial charge in [-0.25, -0.2) is 9.37 Å². The molecular formula is C15H16FN5OS. The summed E-state index contributed by atoms with van der Waals surface area (Å²) in [5, 5.41) is 11.4. The van der Waals surface area contributed by atoms with E-state index in [1.54, 1.807) is 13.2 Å². The molecule has 0 atom stereocenters. The van der Waals surface area contributed by atoms with Gasteiger partial charge in [-0.3, -0.25) is 9.52 Å². The third-order valence-corrected chi connectivity index (χ3v) is 3.93. The molecule has 2 heterocycles. The Bertz CT molecular complexity index is 766. The van der Waals surface area contributed by atoms with Crippen LogP contribution < -0.4 is 10.0 Å². The van der Waals surface area contributed by atoms with Gasteiger partial charge >= 0.3 is 0 Å². The molecule has 0 radical (unpaired) electrons. The maximum Gasteiger partial charge on any atom is 0.275 e. The second kappa shape index (κ2) is 7.26. The Morgan fingerprint density at radius 3 is 2.91 bits per heavy atom. The lowest BCUT2D eigenvalue weighted by Crippen LogP contribution is -2.17. The van der Waals surface area contributed by atoms with E-state index in [9.17, 15) is 9.18 Å². The minimum atomic E-state index is -0.587. The topological polar surface area (TPSA) is 82.7 Å². The lowest BCUT2D eigenvalue weighted by Gasteiger charge is -2.06. The maximum absolute atomic E-state index is 14.4. The van der Waals surface area contributed by atoms with Gasteiger partial charge in [-0.1, -0.05) is 0 Å². The molecule has 0 bridgehead atoms. The zero-order valence-corrected chi connectivity index (χ0v) is 13.7. The Morgan fingerprint density at radius 1 is 1.52 bits per heavy atom. The van der Waals surface area contributed by atoms with Crippen LogP contribution in [0.15, 0.2) is 29.4 Å². The fourth-order valence-corrected chi connectivity index (χ4v) is 2.60. The molecule has 2 aromatic heterocycles. The molecule has 0 aliphatic heterocycles. The van der Waals surface area contributed by atoms with Gasteiger partial charge in [-0.05, 0) is 37.9 Å². The number of hydrogen-bond donors (Lipinski definition) is 2. The highest BCUT2D eigenvalue weighted by molar-refractivity contribution is 7.97. The summed E-state index contributed by atoms with van der Waals surface area (Å²) >= 11 is 1.14. The van der Waals surface area contributed by atoms with E-state index < -0.39 is 11.7 Å². The van der Waals surface area contributed by atoms with Crippen molar-refractivity contribution >= 4 is 23.5 Å². The van der Waals surface area contributed by atoms with Crippen LogP contribution in [0.1, 0.15) is 30.0 Å². The van der Waals surface area contributed by atoms with E-state index in [4.69, 9.17) is 5.26 Å². The van der Waals surface area contributed by atoms with Crippen LogP contribution in [-0.4, -0.2) is 21.5 Å². The molecule has 23 heavy (non-hydrogen) atoms. The summed E-state index contributed by atoms with van der Waals surface area (Å²) in [6, 6.07) is 5.02. The number of anilines is 1. The first-order valence-electron chi connectivity index (χ1n) is 6.87. The van der Waals surface area contributed by atoms with Gasteiger partial charge in [-0.2, -0.15) is 5.26 Å². The Kier molecular flexibility index (Phi) is 5.36. The van der Waals surface area contributed by atoms with Crippen LogP contribution in [-0.2, 0) is 7.05 Å². The van der Waals surface area contributed by atoms with E-state index in [2.05, 4.69) is 15.0 Å². The predicted molar refractivity (Wildman–Crippen MR) is 86.4 cm³/mol. The number of carbonyl (C=O) groups is 1. The number of aromatic nitrogens is 2. The zero-order valence-electron chi connectivity index (χ0n) is 12.9. The number of nitrogens with one attached hydrogen (secondary N) is 2. The Labute approximate surface area is 137 Å². The van der Waals surface area contributed by atoms with Gasteiger partial charge in [0.2, 0.25) is 0 Å². The third-order valence-electron chi connectivity index (χ3n) is 2.84. The normalized spacial score (nSPS) is 10.6. The van der Waals surface area contributed by atoms with Gasteiger partial charge in [0.1, 0.15) is 17.5 Å². The highest BCUT2D eigenvalue weighted by Crippen LogP contribution is 2.24. The SMILES string of the molecule is CC(C)NSc1cn(C)c(C(=O)Nc2ccnc(C#N)c2)c1F. The van der Waals surface area contributed by atoms with Crippen LogP contribution in [0, 0.1) is 17.1 Å².